The summed E-state index contributed by atoms with van der Waals surface area (Å²) in [6, 6.07) is 6.24. The summed E-state index contributed by atoms with van der Waals surface area (Å²) in [6.07, 6.45) is 0.793. The Bertz CT molecular complexity index is 795. The van der Waals surface area contributed by atoms with Crippen LogP contribution in [0.5, 0.6) is 0 Å². The SMILES string of the molecule is CC(C)CC(C=O)N(C(=O)[C@H](CC(C)C)NC(=O)OCc1ccccc1)C(=O)[C@@H](N)CC(C)C. The number of nitrogens with zero attached hydrogens (tertiary/aromatic N) is 1. The third kappa shape index (κ3) is 10.0. The molecular weight excluding hydrogens is 434 g/mol. The van der Waals surface area contributed by atoms with Gasteiger partial charge in [-0.1, -0.05) is 71.9 Å². The average Bonchev–Trinajstić information content (AvgIpc) is 2.76. The highest BCUT2D eigenvalue weighted by molar-refractivity contribution is 6.02. The highest BCUT2D eigenvalue weighted by Crippen LogP contribution is 2.18. The van der Waals surface area contributed by atoms with Crippen LogP contribution in [0.25, 0.3) is 0 Å². The second-order valence-corrected chi connectivity index (χ2v) is 10.0. The molecule has 8 heteroatoms. The number of carbonyl (C=O) groups is 4. The fourth-order valence-corrected chi connectivity index (χ4v) is 3.70. The molecule has 0 bridgehead atoms. The first-order chi connectivity index (χ1) is 16.0. The van der Waals surface area contributed by atoms with Gasteiger partial charge in [-0.2, -0.15) is 0 Å². The molecule has 1 unspecified atom stereocenters. The molecule has 3 N–H and O–H groups in total. The lowest BCUT2D eigenvalue weighted by Crippen LogP contribution is -2.58. The summed E-state index contributed by atoms with van der Waals surface area (Å²) in [6.45, 7) is 11.5. The number of benzene rings is 1. The largest absolute Gasteiger partial charge is 0.445 e. The lowest BCUT2D eigenvalue weighted by Gasteiger charge is -2.33. The third-order valence-electron chi connectivity index (χ3n) is 5.23. The quantitative estimate of drug-likeness (QED) is 0.420. The van der Waals surface area contributed by atoms with Crippen molar-refractivity contribution in [3.05, 3.63) is 35.9 Å². The van der Waals surface area contributed by atoms with E-state index in [9.17, 15) is 19.2 Å². The Hall–Kier alpha value is -2.74. The van der Waals surface area contributed by atoms with Gasteiger partial charge in [0.2, 0.25) is 5.91 Å². The van der Waals surface area contributed by atoms with Crippen LogP contribution in [0.15, 0.2) is 30.3 Å². The number of amides is 3. The molecule has 0 radical (unpaired) electrons. The molecule has 34 heavy (non-hydrogen) atoms. The van der Waals surface area contributed by atoms with Crippen LogP contribution in [0.4, 0.5) is 4.79 Å². The fourth-order valence-electron chi connectivity index (χ4n) is 3.70. The summed E-state index contributed by atoms with van der Waals surface area (Å²) >= 11 is 0. The number of alkyl carbamates (subject to hydrolysis) is 1. The van der Waals surface area contributed by atoms with Crippen molar-refractivity contribution in [2.45, 2.75) is 85.5 Å². The molecule has 0 aliphatic heterocycles. The molecule has 1 rings (SSSR count). The van der Waals surface area contributed by atoms with Gasteiger partial charge >= 0.3 is 6.09 Å². The number of hydrogen-bond acceptors (Lipinski definition) is 6. The molecule has 8 nitrogen and oxygen atoms in total. The van der Waals surface area contributed by atoms with Crippen LogP contribution in [0, 0.1) is 17.8 Å². The summed E-state index contributed by atoms with van der Waals surface area (Å²) in [5.41, 5.74) is 6.93. The maximum absolute atomic E-state index is 13.6. The first-order valence-electron chi connectivity index (χ1n) is 12.0. The Morgan fingerprint density at radius 1 is 0.912 bits per heavy atom. The van der Waals surface area contributed by atoms with Gasteiger partial charge in [0.15, 0.2) is 0 Å². The van der Waals surface area contributed by atoms with Gasteiger partial charge in [-0.25, -0.2) is 4.79 Å². The maximum atomic E-state index is 13.6. The molecule has 1 aromatic carbocycles. The number of imide groups is 1. The number of nitrogens with two attached hydrogens (primary N) is 1. The Balaban J connectivity index is 3.14. The van der Waals surface area contributed by atoms with E-state index in [0.717, 1.165) is 10.5 Å². The Labute approximate surface area is 203 Å². The van der Waals surface area contributed by atoms with Crippen LogP contribution in [0.2, 0.25) is 0 Å². The van der Waals surface area contributed by atoms with Gasteiger partial charge in [-0.3, -0.25) is 14.5 Å². The van der Waals surface area contributed by atoms with Gasteiger partial charge in [0, 0.05) is 0 Å². The molecule has 3 atom stereocenters. The second-order valence-electron chi connectivity index (χ2n) is 10.0. The van der Waals surface area contributed by atoms with E-state index in [1.54, 1.807) is 0 Å². The summed E-state index contributed by atoms with van der Waals surface area (Å²) < 4.78 is 5.28. The number of nitrogens with one attached hydrogen (secondary N) is 1. The molecule has 190 valence electrons. The van der Waals surface area contributed by atoms with E-state index >= 15 is 0 Å². The fraction of sp³-hybridized carbons (Fsp3) is 0.615. The number of rotatable bonds is 13. The molecule has 0 fully saturated rings. The lowest BCUT2D eigenvalue weighted by molar-refractivity contribution is -0.152. The van der Waals surface area contributed by atoms with Crippen molar-refractivity contribution in [2.24, 2.45) is 23.5 Å². The highest BCUT2D eigenvalue weighted by Gasteiger charge is 2.38. The Morgan fingerprint density at radius 2 is 1.47 bits per heavy atom. The van der Waals surface area contributed by atoms with E-state index in [0.29, 0.717) is 19.1 Å². The normalized spacial score (nSPS) is 13.9. The molecular formula is C26H41N3O5. The zero-order valence-electron chi connectivity index (χ0n) is 21.3. The van der Waals surface area contributed by atoms with Crippen LogP contribution in [-0.4, -0.2) is 47.2 Å². The van der Waals surface area contributed by atoms with Crippen molar-refractivity contribution in [3.63, 3.8) is 0 Å². The van der Waals surface area contributed by atoms with E-state index in [1.807, 2.05) is 71.9 Å². The van der Waals surface area contributed by atoms with E-state index < -0.39 is 36.0 Å². The number of aldehydes is 1. The average molecular weight is 476 g/mol. The van der Waals surface area contributed by atoms with Crippen molar-refractivity contribution in [2.75, 3.05) is 0 Å². The molecule has 0 saturated carbocycles. The van der Waals surface area contributed by atoms with Gasteiger partial charge in [-0.05, 0) is 42.6 Å². The molecule has 1 aromatic rings. The molecule has 0 saturated heterocycles. The third-order valence-corrected chi connectivity index (χ3v) is 5.23. The minimum atomic E-state index is -1.03. The molecule has 0 aliphatic carbocycles. The molecule has 0 spiro atoms. The van der Waals surface area contributed by atoms with E-state index in [-0.39, 0.29) is 30.8 Å². The molecule has 0 aliphatic rings. The van der Waals surface area contributed by atoms with Crippen molar-refractivity contribution < 1.29 is 23.9 Å². The van der Waals surface area contributed by atoms with E-state index in [2.05, 4.69) is 5.32 Å². The summed E-state index contributed by atoms with van der Waals surface area (Å²) in [4.78, 5) is 52.3. The van der Waals surface area contributed by atoms with Crippen molar-refractivity contribution in [1.82, 2.24) is 10.2 Å². The maximum Gasteiger partial charge on any atom is 0.408 e. The van der Waals surface area contributed by atoms with Crippen LogP contribution in [-0.2, 0) is 25.7 Å². The zero-order valence-corrected chi connectivity index (χ0v) is 21.3. The predicted octanol–water partition coefficient (Wildman–Crippen LogP) is 3.67. The van der Waals surface area contributed by atoms with Crippen molar-refractivity contribution in [3.8, 4) is 0 Å². The summed E-state index contributed by atoms with van der Waals surface area (Å²) in [5.74, 6) is -1.03. The van der Waals surface area contributed by atoms with Gasteiger partial charge < -0.3 is 20.6 Å². The standard InChI is InChI=1S/C26H41N3O5/c1-17(2)12-21(15-30)29(24(31)22(27)13-18(3)4)25(32)23(14-19(5)6)28-26(33)34-16-20-10-8-7-9-11-20/h7-11,15,17-19,21-23H,12-14,16,27H2,1-6H3,(H,28,33)/t21?,22-,23-/m0/s1. The number of hydrogen-bond donors (Lipinski definition) is 2. The predicted molar refractivity (Wildman–Crippen MR) is 132 cm³/mol. The van der Waals surface area contributed by atoms with E-state index in [1.165, 1.54) is 0 Å². The number of carbonyl (C=O) groups excluding carboxylic acids is 4. The van der Waals surface area contributed by atoms with Crippen LogP contribution >= 0.6 is 0 Å². The molecule has 0 aromatic heterocycles. The van der Waals surface area contributed by atoms with Gasteiger partial charge in [-0.15, -0.1) is 0 Å². The zero-order chi connectivity index (χ0) is 25.8. The minimum absolute atomic E-state index is 0.0319. The van der Waals surface area contributed by atoms with Gasteiger partial charge in [0.25, 0.3) is 5.91 Å². The number of ether oxygens (including phenoxy) is 1. The second kappa shape index (κ2) is 14.5. The van der Waals surface area contributed by atoms with Crippen LogP contribution in [0.1, 0.15) is 66.4 Å². The minimum Gasteiger partial charge on any atom is -0.445 e. The molecule has 3 amide bonds. The summed E-state index contributed by atoms with van der Waals surface area (Å²) in [7, 11) is 0. The first-order valence-corrected chi connectivity index (χ1v) is 12.0. The van der Waals surface area contributed by atoms with Crippen LogP contribution < -0.4 is 11.1 Å². The summed E-state index contributed by atoms with van der Waals surface area (Å²) in [5, 5.41) is 2.60. The van der Waals surface area contributed by atoms with Crippen LogP contribution in [0.3, 0.4) is 0 Å². The van der Waals surface area contributed by atoms with Gasteiger partial charge in [0.1, 0.15) is 18.9 Å². The topological polar surface area (TPSA) is 119 Å². The lowest BCUT2D eigenvalue weighted by atomic mass is 9.97. The van der Waals surface area contributed by atoms with Crippen molar-refractivity contribution in [1.29, 1.82) is 0 Å². The Kier molecular flexibility index (Phi) is 12.5. The Morgan fingerprint density at radius 3 is 1.97 bits per heavy atom. The van der Waals surface area contributed by atoms with E-state index in [4.69, 9.17) is 10.5 Å². The molecule has 0 heterocycles. The van der Waals surface area contributed by atoms with Gasteiger partial charge in [0.05, 0.1) is 12.1 Å². The monoisotopic (exact) mass is 475 g/mol. The first kappa shape index (κ1) is 29.3. The smallest absolute Gasteiger partial charge is 0.408 e. The highest BCUT2D eigenvalue weighted by atomic mass is 16.5. The van der Waals surface area contributed by atoms with Crippen molar-refractivity contribution >= 4 is 24.2 Å².